The zero-order valence-corrected chi connectivity index (χ0v) is 23.7. The predicted octanol–water partition coefficient (Wildman–Crippen LogP) is 4.41. The second kappa shape index (κ2) is 20.7. The Morgan fingerprint density at radius 3 is 1.89 bits per heavy atom. The third-order valence-electron chi connectivity index (χ3n) is 4.86. The Labute approximate surface area is 227 Å². The highest BCUT2D eigenvalue weighted by atomic mass is 35.5. The fourth-order valence-corrected chi connectivity index (χ4v) is 3.56. The standard InChI is InChI=1S/C26H45Cl2N3O5/c1-26(2,3)36-25(32)30-13-5-17-34-19-21-35-20-18-33-16-4-12-29-22-23-6-8-24(9-7-23)31(14-10-27)15-11-28/h6-9,29H,4-5,10-22H2,1-3H3,(H,30,32). The lowest BCUT2D eigenvalue weighted by molar-refractivity contribution is 0.0136. The maximum atomic E-state index is 11.5. The number of halogens is 2. The van der Waals surface area contributed by atoms with E-state index in [2.05, 4.69) is 39.8 Å². The molecule has 1 aromatic rings. The first-order chi connectivity index (χ1) is 17.4. The van der Waals surface area contributed by atoms with E-state index in [1.165, 1.54) is 5.56 Å². The van der Waals surface area contributed by atoms with Gasteiger partial charge in [0.15, 0.2) is 0 Å². The third-order valence-corrected chi connectivity index (χ3v) is 5.20. The molecule has 0 saturated heterocycles. The zero-order valence-electron chi connectivity index (χ0n) is 22.2. The van der Waals surface area contributed by atoms with E-state index in [9.17, 15) is 4.79 Å². The number of carbonyl (C=O) groups excluding carboxylic acids is 1. The summed E-state index contributed by atoms with van der Waals surface area (Å²) in [5, 5.41) is 6.14. The molecule has 0 aliphatic carbocycles. The van der Waals surface area contributed by atoms with Crippen LogP contribution in [0.2, 0.25) is 0 Å². The molecule has 0 saturated carbocycles. The molecular formula is C26H45Cl2N3O5. The van der Waals surface area contributed by atoms with Gasteiger partial charge in [-0.3, -0.25) is 0 Å². The van der Waals surface area contributed by atoms with Gasteiger partial charge in [0, 0.05) is 56.8 Å². The van der Waals surface area contributed by atoms with E-state index in [1.54, 1.807) is 0 Å². The minimum absolute atomic E-state index is 0.402. The van der Waals surface area contributed by atoms with E-state index >= 15 is 0 Å². The number of anilines is 1. The summed E-state index contributed by atoms with van der Waals surface area (Å²) in [4.78, 5) is 13.7. The summed E-state index contributed by atoms with van der Waals surface area (Å²) >= 11 is 11.8. The molecule has 2 N–H and O–H groups in total. The van der Waals surface area contributed by atoms with Crippen molar-refractivity contribution in [3.8, 4) is 0 Å². The van der Waals surface area contributed by atoms with Crippen LogP contribution in [0.4, 0.5) is 10.5 Å². The average molecular weight is 551 g/mol. The van der Waals surface area contributed by atoms with Gasteiger partial charge in [-0.15, -0.1) is 23.2 Å². The Morgan fingerprint density at radius 2 is 1.36 bits per heavy atom. The van der Waals surface area contributed by atoms with Crippen molar-refractivity contribution in [1.82, 2.24) is 10.6 Å². The van der Waals surface area contributed by atoms with Crippen LogP contribution in [0.5, 0.6) is 0 Å². The molecule has 0 heterocycles. The van der Waals surface area contributed by atoms with Gasteiger partial charge in [-0.05, 0) is 57.9 Å². The van der Waals surface area contributed by atoms with Crippen LogP contribution in [0.1, 0.15) is 39.2 Å². The van der Waals surface area contributed by atoms with Crippen molar-refractivity contribution in [1.29, 1.82) is 0 Å². The molecule has 0 fully saturated rings. The fraction of sp³-hybridized carbons (Fsp3) is 0.731. The number of carbonyl (C=O) groups is 1. The lowest BCUT2D eigenvalue weighted by Gasteiger charge is -2.23. The molecule has 10 heteroatoms. The number of nitrogens with zero attached hydrogens (tertiary/aromatic N) is 1. The summed E-state index contributed by atoms with van der Waals surface area (Å²) in [6.45, 7) is 12.8. The summed E-state index contributed by atoms with van der Waals surface area (Å²) in [6.07, 6.45) is 1.27. The van der Waals surface area contributed by atoms with Crippen LogP contribution in [0.25, 0.3) is 0 Å². The number of alkyl carbamates (subject to hydrolysis) is 1. The van der Waals surface area contributed by atoms with Crippen LogP contribution in [-0.2, 0) is 25.5 Å². The molecule has 8 nitrogen and oxygen atoms in total. The van der Waals surface area contributed by atoms with E-state index in [0.717, 1.165) is 44.7 Å². The van der Waals surface area contributed by atoms with Gasteiger partial charge in [0.2, 0.25) is 0 Å². The van der Waals surface area contributed by atoms with E-state index in [4.69, 9.17) is 42.1 Å². The normalized spacial score (nSPS) is 11.5. The molecule has 0 aliphatic rings. The first kappa shape index (κ1) is 32.7. The Balaban J connectivity index is 1.89. The number of nitrogens with one attached hydrogen (secondary N) is 2. The van der Waals surface area contributed by atoms with Gasteiger partial charge in [0.25, 0.3) is 0 Å². The first-order valence-electron chi connectivity index (χ1n) is 12.7. The summed E-state index contributed by atoms with van der Waals surface area (Å²) in [5.41, 5.74) is 1.91. The predicted molar refractivity (Wildman–Crippen MR) is 148 cm³/mol. The van der Waals surface area contributed by atoms with Gasteiger partial charge in [-0.1, -0.05) is 12.1 Å². The van der Waals surface area contributed by atoms with Crippen LogP contribution in [0.15, 0.2) is 24.3 Å². The van der Waals surface area contributed by atoms with Crippen molar-refractivity contribution >= 4 is 35.0 Å². The fourth-order valence-electron chi connectivity index (χ4n) is 3.15. The van der Waals surface area contributed by atoms with Crippen molar-refractivity contribution in [2.75, 3.05) is 82.5 Å². The van der Waals surface area contributed by atoms with E-state index < -0.39 is 11.7 Å². The Kier molecular flexibility index (Phi) is 18.9. The second-order valence-corrected chi connectivity index (χ2v) is 9.94. The van der Waals surface area contributed by atoms with Crippen molar-refractivity contribution in [2.45, 2.75) is 45.8 Å². The highest BCUT2D eigenvalue weighted by molar-refractivity contribution is 6.18. The number of benzene rings is 1. The molecule has 208 valence electrons. The quantitative estimate of drug-likeness (QED) is 0.173. The maximum Gasteiger partial charge on any atom is 0.407 e. The number of alkyl halides is 2. The van der Waals surface area contributed by atoms with Gasteiger partial charge in [-0.25, -0.2) is 4.79 Å². The van der Waals surface area contributed by atoms with Gasteiger partial charge in [0.05, 0.1) is 26.4 Å². The lowest BCUT2D eigenvalue weighted by atomic mass is 10.2. The largest absolute Gasteiger partial charge is 0.444 e. The smallest absolute Gasteiger partial charge is 0.407 e. The molecule has 0 bridgehead atoms. The van der Waals surface area contributed by atoms with E-state index in [1.807, 2.05) is 20.8 Å². The molecule has 36 heavy (non-hydrogen) atoms. The molecule has 0 spiro atoms. The highest BCUT2D eigenvalue weighted by Gasteiger charge is 2.15. The first-order valence-corrected chi connectivity index (χ1v) is 13.8. The second-order valence-electron chi connectivity index (χ2n) is 9.18. The third kappa shape index (κ3) is 18.0. The number of hydrogen-bond donors (Lipinski definition) is 2. The summed E-state index contributed by atoms with van der Waals surface area (Å²) < 4.78 is 21.8. The topological polar surface area (TPSA) is 81.3 Å². The molecule has 0 aromatic heterocycles. The molecular weight excluding hydrogens is 505 g/mol. The number of rotatable bonds is 21. The van der Waals surface area contributed by atoms with Gasteiger partial charge < -0.3 is 34.5 Å². The summed E-state index contributed by atoms with van der Waals surface area (Å²) in [6, 6.07) is 8.51. The molecule has 1 rings (SSSR count). The monoisotopic (exact) mass is 549 g/mol. The molecule has 1 amide bonds. The SMILES string of the molecule is CC(C)(C)OC(=O)NCCCOCCOCCOCCCNCc1ccc(N(CCCl)CCCl)cc1. The Morgan fingerprint density at radius 1 is 0.833 bits per heavy atom. The van der Waals surface area contributed by atoms with Crippen LogP contribution in [0.3, 0.4) is 0 Å². The van der Waals surface area contributed by atoms with Crippen molar-refractivity contribution < 1.29 is 23.7 Å². The summed E-state index contributed by atoms with van der Waals surface area (Å²) in [5.74, 6) is 1.17. The average Bonchev–Trinajstić information content (AvgIpc) is 2.83. The Bertz CT molecular complexity index is 669. The molecule has 0 atom stereocenters. The van der Waals surface area contributed by atoms with E-state index in [-0.39, 0.29) is 0 Å². The number of ether oxygens (including phenoxy) is 4. The molecule has 0 aliphatic heterocycles. The molecule has 0 unspecified atom stereocenters. The molecule has 1 aromatic carbocycles. The number of amides is 1. The number of hydrogen-bond acceptors (Lipinski definition) is 7. The summed E-state index contributed by atoms with van der Waals surface area (Å²) in [7, 11) is 0. The zero-order chi connectivity index (χ0) is 26.5. The van der Waals surface area contributed by atoms with Crippen molar-refractivity contribution in [3.05, 3.63) is 29.8 Å². The highest BCUT2D eigenvalue weighted by Crippen LogP contribution is 2.15. The van der Waals surface area contributed by atoms with Gasteiger partial charge in [-0.2, -0.15) is 0 Å². The van der Waals surface area contributed by atoms with Crippen molar-refractivity contribution in [3.63, 3.8) is 0 Å². The van der Waals surface area contributed by atoms with E-state index in [0.29, 0.717) is 57.9 Å². The van der Waals surface area contributed by atoms with Crippen LogP contribution < -0.4 is 15.5 Å². The van der Waals surface area contributed by atoms with Crippen LogP contribution >= 0.6 is 23.2 Å². The maximum absolute atomic E-state index is 11.5. The minimum Gasteiger partial charge on any atom is -0.444 e. The van der Waals surface area contributed by atoms with Gasteiger partial charge in [0.1, 0.15) is 5.60 Å². The lowest BCUT2D eigenvalue weighted by Crippen LogP contribution is -2.33. The minimum atomic E-state index is -0.481. The Hall–Kier alpha value is -1.29. The van der Waals surface area contributed by atoms with Crippen LogP contribution in [-0.4, -0.2) is 89.3 Å². The van der Waals surface area contributed by atoms with Gasteiger partial charge >= 0.3 is 6.09 Å². The van der Waals surface area contributed by atoms with Crippen molar-refractivity contribution in [2.24, 2.45) is 0 Å². The molecule has 0 radical (unpaired) electrons. The van der Waals surface area contributed by atoms with Crippen LogP contribution in [0, 0.1) is 0 Å².